The summed E-state index contributed by atoms with van der Waals surface area (Å²) in [7, 11) is -4.44. The van der Waals surface area contributed by atoms with E-state index in [0.717, 1.165) is 0 Å². The summed E-state index contributed by atoms with van der Waals surface area (Å²) < 4.78 is 34.3. The van der Waals surface area contributed by atoms with Gasteiger partial charge in [0.1, 0.15) is 6.10 Å². The molecule has 0 saturated heterocycles. The third-order valence-corrected chi connectivity index (χ3v) is 2.27. The summed E-state index contributed by atoms with van der Waals surface area (Å²) in [5.41, 5.74) is 0.676. The molecule has 1 rings (SSSR count). The lowest BCUT2D eigenvalue weighted by atomic mass is 10.1. The summed E-state index contributed by atoms with van der Waals surface area (Å²) in [6, 6.07) is 8.78. The van der Waals surface area contributed by atoms with Crippen molar-refractivity contribution in [2.75, 3.05) is 0 Å². The molecule has 1 atom stereocenters. The summed E-state index contributed by atoms with van der Waals surface area (Å²) >= 11 is 0. The van der Waals surface area contributed by atoms with Crippen molar-refractivity contribution in [2.24, 2.45) is 0 Å². The first-order valence-corrected chi connectivity index (χ1v) is 5.71. The van der Waals surface area contributed by atoms with Gasteiger partial charge < -0.3 is 0 Å². The zero-order valence-corrected chi connectivity index (χ0v) is 8.85. The molecule has 0 aromatic heterocycles. The summed E-state index contributed by atoms with van der Waals surface area (Å²) in [5, 5.41) is 0. The number of rotatable bonds is 5. The zero-order chi connectivity index (χ0) is 11.3. The lowest BCUT2D eigenvalue weighted by Gasteiger charge is -2.13. The summed E-state index contributed by atoms with van der Waals surface area (Å²) in [6.45, 7) is 3.50. The predicted octanol–water partition coefficient (Wildman–Crippen LogP) is 2.12. The van der Waals surface area contributed by atoms with Crippen LogP contribution < -0.4 is 0 Å². The molecule has 4 nitrogen and oxygen atoms in total. The standard InChI is InChI=1S/C10H12O4S/c1-2-6-10(14-15(11,12)13)9-7-4-3-5-8-9/h2-5,7-8,10H,1,6H2,(H,11,12,13). The van der Waals surface area contributed by atoms with Gasteiger partial charge in [0.15, 0.2) is 0 Å². The van der Waals surface area contributed by atoms with Crippen molar-refractivity contribution in [3.63, 3.8) is 0 Å². The maximum Gasteiger partial charge on any atom is 0.397 e. The van der Waals surface area contributed by atoms with Crippen molar-refractivity contribution in [3.8, 4) is 0 Å². The zero-order valence-electron chi connectivity index (χ0n) is 8.04. The molecule has 5 heteroatoms. The molecule has 0 amide bonds. The molecule has 0 radical (unpaired) electrons. The Hall–Kier alpha value is -1.17. The van der Waals surface area contributed by atoms with E-state index in [2.05, 4.69) is 10.8 Å². The maximum absolute atomic E-state index is 10.6. The molecular formula is C10H12O4S. The maximum atomic E-state index is 10.6. The number of benzene rings is 1. The van der Waals surface area contributed by atoms with Crippen LogP contribution in [-0.2, 0) is 14.6 Å². The van der Waals surface area contributed by atoms with Crippen LogP contribution in [0.2, 0.25) is 0 Å². The molecule has 1 aromatic carbocycles. The molecule has 0 heterocycles. The highest BCUT2D eigenvalue weighted by atomic mass is 32.3. The van der Waals surface area contributed by atoms with Crippen molar-refractivity contribution in [2.45, 2.75) is 12.5 Å². The first-order valence-electron chi connectivity index (χ1n) is 4.34. The van der Waals surface area contributed by atoms with Crippen molar-refractivity contribution >= 4 is 10.4 Å². The van der Waals surface area contributed by atoms with Crippen LogP contribution >= 0.6 is 0 Å². The minimum absolute atomic E-state index is 0.309. The Balaban J connectivity index is 2.88. The lowest BCUT2D eigenvalue weighted by Crippen LogP contribution is -2.10. The Morgan fingerprint density at radius 3 is 2.47 bits per heavy atom. The van der Waals surface area contributed by atoms with Crippen molar-refractivity contribution in [1.29, 1.82) is 0 Å². The van der Waals surface area contributed by atoms with Crippen LogP contribution in [0.25, 0.3) is 0 Å². The smallest absolute Gasteiger partial charge is 0.264 e. The monoisotopic (exact) mass is 228 g/mol. The highest BCUT2D eigenvalue weighted by Gasteiger charge is 2.17. The summed E-state index contributed by atoms with van der Waals surface area (Å²) in [5.74, 6) is 0. The molecule has 1 N–H and O–H groups in total. The molecule has 0 spiro atoms. The van der Waals surface area contributed by atoms with Crippen molar-refractivity contribution in [1.82, 2.24) is 0 Å². The average Bonchev–Trinajstić information content (AvgIpc) is 2.17. The van der Waals surface area contributed by atoms with E-state index < -0.39 is 16.5 Å². The van der Waals surface area contributed by atoms with Crippen LogP contribution in [0.3, 0.4) is 0 Å². The molecule has 0 bridgehead atoms. The van der Waals surface area contributed by atoms with E-state index in [1.807, 2.05) is 6.07 Å². The second kappa shape index (κ2) is 5.06. The molecule has 0 aliphatic carbocycles. The fraction of sp³-hybridized carbons (Fsp3) is 0.200. The van der Waals surface area contributed by atoms with Gasteiger partial charge in [-0.2, -0.15) is 8.42 Å². The van der Waals surface area contributed by atoms with E-state index >= 15 is 0 Å². The van der Waals surface area contributed by atoms with Gasteiger partial charge in [-0.05, 0) is 12.0 Å². The van der Waals surface area contributed by atoms with Crippen LogP contribution in [0.15, 0.2) is 43.0 Å². The van der Waals surface area contributed by atoms with Gasteiger partial charge in [0.05, 0.1) is 0 Å². The molecule has 1 aromatic rings. The van der Waals surface area contributed by atoms with Crippen LogP contribution in [0, 0.1) is 0 Å². The van der Waals surface area contributed by atoms with Gasteiger partial charge in [-0.15, -0.1) is 6.58 Å². The van der Waals surface area contributed by atoms with E-state index in [-0.39, 0.29) is 0 Å². The second-order valence-corrected chi connectivity index (χ2v) is 4.00. The van der Waals surface area contributed by atoms with Gasteiger partial charge in [-0.1, -0.05) is 36.4 Å². The summed E-state index contributed by atoms with van der Waals surface area (Å²) in [6.07, 6.45) is 1.12. The fourth-order valence-electron chi connectivity index (χ4n) is 1.20. The van der Waals surface area contributed by atoms with Crippen molar-refractivity contribution < 1.29 is 17.2 Å². The van der Waals surface area contributed by atoms with Crippen LogP contribution in [0.5, 0.6) is 0 Å². The molecule has 82 valence electrons. The molecule has 15 heavy (non-hydrogen) atoms. The Labute approximate surface area is 89.2 Å². The van der Waals surface area contributed by atoms with Gasteiger partial charge in [0, 0.05) is 0 Å². The van der Waals surface area contributed by atoms with Gasteiger partial charge in [0.25, 0.3) is 0 Å². The van der Waals surface area contributed by atoms with Gasteiger partial charge in [0.2, 0.25) is 0 Å². The normalized spacial score (nSPS) is 13.4. The SMILES string of the molecule is C=CCC(OS(=O)(=O)O)c1ccccc1. The molecule has 0 saturated carbocycles. The molecule has 0 aliphatic rings. The molecular weight excluding hydrogens is 216 g/mol. The number of hydrogen-bond donors (Lipinski definition) is 1. The highest BCUT2D eigenvalue weighted by Crippen LogP contribution is 2.22. The average molecular weight is 228 g/mol. The lowest BCUT2D eigenvalue weighted by molar-refractivity contribution is 0.187. The minimum atomic E-state index is -4.44. The number of hydrogen-bond acceptors (Lipinski definition) is 3. The van der Waals surface area contributed by atoms with E-state index in [1.165, 1.54) is 6.08 Å². The highest BCUT2D eigenvalue weighted by molar-refractivity contribution is 7.80. The minimum Gasteiger partial charge on any atom is -0.264 e. The first kappa shape index (κ1) is 11.9. The largest absolute Gasteiger partial charge is 0.397 e. The van der Waals surface area contributed by atoms with Crippen molar-refractivity contribution in [3.05, 3.63) is 48.6 Å². The molecule has 0 aliphatic heterocycles. The molecule has 0 fully saturated rings. The van der Waals surface area contributed by atoms with Gasteiger partial charge >= 0.3 is 10.4 Å². The van der Waals surface area contributed by atoms with E-state index in [1.54, 1.807) is 24.3 Å². The van der Waals surface area contributed by atoms with E-state index in [9.17, 15) is 8.42 Å². The van der Waals surface area contributed by atoms with Crippen LogP contribution in [0.4, 0.5) is 0 Å². The fourth-order valence-corrected chi connectivity index (χ4v) is 1.68. The molecule has 1 unspecified atom stereocenters. The Morgan fingerprint density at radius 1 is 1.40 bits per heavy atom. The van der Waals surface area contributed by atoms with Crippen LogP contribution in [0.1, 0.15) is 18.1 Å². The van der Waals surface area contributed by atoms with E-state index in [0.29, 0.717) is 12.0 Å². The van der Waals surface area contributed by atoms with Gasteiger partial charge in [-0.3, -0.25) is 4.55 Å². The third-order valence-electron chi connectivity index (χ3n) is 1.79. The topological polar surface area (TPSA) is 63.6 Å². The predicted molar refractivity (Wildman–Crippen MR) is 56.6 cm³/mol. The Kier molecular flexibility index (Phi) is 4.02. The Bertz CT molecular complexity index is 410. The van der Waals surface area contributed by atoms with Crippen LogP contribution in [-0.4, -0.2) is 13.0 Å². The first-order chi connectivity index (χ1) is 7.03. The Morgan fingerprint density at radius 2 is 2.00 bits per heavy atom. The quantitative estimate of drug-likeness (QED) is 0.619. The van der Waals surface area contributed by atoms with E-state index in [4.69, 9.17) is 4.55 Å². The second-order valence-electron chi connectivity index (χ2n) is 2.95. The summed E-state index contributed by atoms with van der Waals surface area (Å²) in [4.78, 5) is 0. The van der Waals surface area contributed by atoms with Gasteiger partial charge in [-0.25, -0.2) is 4.18 Å². The third kappa shape index (κ3) is 4.24.